The summed E-state index contributed by atoms with van der Waals surface area (Å²) in [4.78, 5) is 12.7. The minimum absolute atomic E-state index is 0.0512. The fraction of sp³-hybridized carbons (Fsp3) is 0.0741. The fourth-order valence-corrected chi connectivity index (χ4v) is 6.31. The molecule has 0 aliphatic heterocycles. The summed E-state index contributed by atoms with van der Waals surface area (Å²) in [5, 5.41) is 2.96. The van der Waals surface area contributed by atoms with Crippen LogP contribution in [0.25, 0.3) is 0 Å². The summed E-state index contributed by atoms with van der Waals surface area (Å²) in [5.41, 5.74) is 1.51. The average molecular weight is 588 g/mol. The molecule has 0 saturated heterocycles. The Kier molecular flexibility index (Phi) is 8.24. The largest absolute Gasteiger partial charge is 0.325 e. The molecule has 0 fully saturated rings. The maximum Gasteiger partial charge on any atom is 0.264 e. The quantitative estimate of drug-likeness (QED) is 0.271. The first-order valence-electron chi connectivity index (χ1n) is 11.5. The molecule has 2 N–H and O–H groups in total. The summed E-state index contributed by atoms with van der Waals surface area (Å²) in [7, 11) is -8.15. The highest BCUT2D eigenvalue weighted by atomic mass is 35.5. The zero-order valence-electron chi connectivity index (χ0n) is 20.5. The van der Waals surface area contributed by atoms with Crippen LogP contribution >= 0.6 is 11.6 Å². The van der Waals surface area contributed by atoms with E-state index in [2.05, 4.69) is 10.0 Å². The van der Waals surface area contributed by atoms with E-state index in [1.54, 1.807) is 37.3 Å². The lowest BCUT2D eigenvalue weighted by Gasteiger charge is -2.24. The standard InChI is InChI=1S/C27H23ClFN3O5S2/c1-19-7-8-20(28)17-26(19)31-38(34,35)24-15-11-22(12-16-24)30-27(33)18-32(23-5-3-2-4-6-23)39(36,37)25-13-9-21(29)10-14-25/h2-17,31H,18H2,1H3,(H,30,33). The van der Waals surface area contributed by atoms with Gasteiger partial charge < -0.3 is 5.32 Å². The van der Waals surface area contributed by atoms with Gasteiger partial charge in [0.05, 0.1) is 21.2 Å². The fourth-order valence-electron chi connectivity index (χ4n) is 3.60. The molecule has 0 spiro atoms. The van der Waals surface area contributed by atoms with Crippen LogP contribution in [0.4, 0.5) is 21.5 Å². The van der Waals surface area contributed by atoms with Crippen LogP contribution in [0.15, 0.2) is 107 Å². The monoisotopic (exact) mass is 587 g/mol. The van der Waals surface area contributed by atoms with Crippen LogP contribution in [0.1, 0.15) is 5.56 Å². The third kappa shape index (κ3) is 6.75. The maximum absolute atomic E-state index is 13.4. The van der Waals surface area contributed by atoms with E-state index >= 15 is 0 Å². The number of rotatable bonds is 9. The Morgan fingerprint density at radius 1 is 0.846 bits per heavy atom. The summed E-state index contributed by atoms with van der Waals surface area (Å²) in [5.74, 6) is -1.27. The average Bonchev–Trinajstić information content (AvgIpc) is 2.90. The van der Waals surface area contributed by atoms with Crippen molar-refractivity contribution in [1.82, 2.24) is 0 Å². The van der Waals surface area contributed by atoms with Crippen LogP contribution in [-0.4, -0.2) is 29.3 Å². The molecule has 0 saturated carbocycles. The van der Waals surface area contributed by atoms with Gasteiger partial charge >= 0.3 is 0 Å². The second kappa shape index (κ2) is 11.4. The minimum atomic E-state index is -4.21. The van der Waals surface area contributed by atoms with E-state index in [-0.39, 0.29) is 21.2 Å². The molecule has 0 aliphatic rings. The van der Waals surface area contributed by atoms with Crippen molar-refractivity contribution < 1.29 is 26.0 Å². The lowest BCUT2D eigenvalue weighted by molar-refractivity contribution is -0.114. The van der Waals surface area contributed by atoms with Crippen molar-refractivity contribution in [2.45, 2.75) is 16.7 Å². The molecule has 0 unspecified atom stereocenters. The molecular formula is C27H23ClFN3O5S2. The van der Waals surface area contributed by atoms with E-state index in [1.165, 1.54) is 42.5 Å². The van der Waals surface area contributed by atoms with E-state index < -0.39 is 38.3 Å². The number of benzene rings is 4. The second-order valence-corrected chi connectivity index (χ2v) is 12.4. The number of sulfonamides is 2. The lowest BCUT2D eigenvalue weighted by atomic mass is 10.2. The summed E-state index contributed by atoms with van der Waals surface area (Å²) in [6, 6.07) is 22.5. The third-order valence-corrected chi connectivity index (χ3v) is 9.03. The molecule has 8 nitrogen and oxygen atoms in total. The second-order valence-electron chi connectivity index (χ2n) is 8.44. The predicted octanol–water partition coefficient (Wildman–Crippen LogP) is 5.42. The number of carbonyl (C=O) groups excluding carboxylic acids is 1. The Labute approximate surface area is 231 Å². The van der Waals surface area contributed by atoms with Crippen LogP contribution in [0.3, 0.4) is 0 Å². The number of para-hydroxylation sites is 1. The molecule has 0 heterocycles. The molecule has 0 aliphatic carbocycles. The Hall–Kier alpha value is -3.93. The van der Waals surface area contributed by atoms with E-state index in [0.717, 1.165) is 28.6 Å². The molecule has 4 rings (SSSR count). The molecule has 202 valence electrons. The number of nitrogens with zero attached hydrogens (tertiary/aromatic N) is 1. The van der Waals surface area contributed by atoms with Gasteiger partial charge in [0.25, 0.3) is 20.0 Å². The molecule has 0 atom stereocenters. The topological polar surface area (TPSA) is 113 Å². The van der Waals surface area contributed by atoms with E-state index in [1.807, 2.05) is 0 Å². The van der Waals surface area contributed by atoms with Crippen molar-refractivity contribution in [3.05, 3.63) is 113 Å². The van der Waals surface area contributed by atoms with Crippen LogP contribution in [0.2, 0.25) is 5.02 Å². The van der Waals surface area contributed by atoms with Gasteiger partial charge in [-0.3, -0.25) is 13.8 Å². The summed E-state index contributed by atoms with van der Waals surface area (Å²) in [6.07, 6.45) is 0. The van der Waals surface area contributed by atoms with E-state index in [4.69, 9.17) is 11.6 Å². The number of aryl methyl sites for hydroxylation is 1. The minimum Gasteiger partial charge on any atom is -0.325 e. The summed E-state index contributed by atoms with van der Waals surface area (Å²) >= 11 is 5.97. The highest BCUT2D eigenvalue weighted by Gasteiger charge is 2.27. The van der Waals surface area contributed by atoms with Gasteiger partial charge in [0.1, 0.15) is 12.4 Å². The predicted molar refractivity (Wildman–Crippen MR) is 149 cm³/mol. The van der Waals surface area contributed by atoms with Crippen LogP contribution in [-0.2, 0) is 24.8 Å². The number of hydrogen-bond donors (Lipinski definition) is 2. The first-order valence-corrected chi connectivity index (χ1v) is 14.8. The molecule has 1 amide bonds. The van der Waals surface area contributed by atoms with Gasteiger partial charge in [0.15, 0.2) is 0 Å². The van der Waals surface area contributed by atoms with Gasteiger partial charge in [-0.25, -0.2) is 21.2 Å². The van der Waals surface area contributed by atoms with Crippen molar-refractivity contribution in [1.29, 1.82) is 0 Å². The van der Waals surface area contributed by atoms with Crippen molar-refractivity contribution in [2.75, 3.05) is 20.9 Å². The molecule has 0 aromatic heterocycles. The SMILES string of the molecule is Cc1ccc(Cl)cc1NS(=O)(=O)c1ccc(NC(=O)CN(c2ccccc2)S(=O)(=O)c2ccc(F)cc2)cc1. The molecule has 0 bridgehead atoms. The Morgan fingerprint density at radius 3 is 2.10 bits per heavy atom. The van der Waals surface area contributed by atoms with Gasteiger partial charge in [-0.2, -0.15) is 0 Å². The zero-order chi connectivity index (χ0) is 28.2. The summed E-state index contributed by atoms with van der Waals surface area (Å²) < 4.78 is 69.1. The maximum atomic E-state index is 13.4. The smallest absolute Gasteiger partial charge is 0.264 e. The Bertz CT molecular complexity index is 1700. The molecular weight excluding hydrogens is 565 g/mol. The summed E-state index contributed by atoms with van der Waals surface area (Å²) in [6.45, 7) is 1.15. The zero-order valence-corrected chi connectivity index (χ0v) is 22.9. The number of amides is 1. The lowest BCUT2D eigenvalue weighted by Crippen LogP contribution is -2.38. The normalized spacial score (nSPS) is 11.6. The number of halogens is 2. The molecule has 12 heteroatoms. The number of carbonyl (C=O) groups is 1. The third-order valence-electron chi connectivity index (χ3n) is 5.63. The number of nitrogens with one attached hydrogen (secondary N) is 2. The first-order chi connectivity index (χ1) is 18.5. The van der Waals surface area contributed by atoms with E-state index in [0.29, 0.717) is 16.3 Å². The van der Waals surface area contributed by atoms with Crippen molar-refractivity contribution >= 4 is 54.6 Å². The van der Waals surface area contributed by atoms with Crippen LogP contribution in [0.5, 0.6) is 0 Å². The van der Waals surface area contributed by atoms with Crippen LogP contribution in [0, 0.1) is 12.7 Å². The Balaban J connectivity index is 1.52. The first kappa shape index (κ1) is 28.1. The van der Waals surface area contributed by atoms with Gasteiger partial charge in [0, 0.05) is 10.7 Å². The Morgan fingerprint density at radius 2 is 1.46 bits per heavy atom. The molecule has 4 aromatic rings. The van der Waals surface area contributed by atoms with Gasteiger partial charge in [-0.1, -0.05) is 35.9 Å². The van der Waals surface area contributed by atoms with Gasteiger partial charge in [-0.05, 0) is 85.3 Å². The van der Waals surface area contributed by atoms with Crippen molar-refractivity contribution in [3.8, 4) is 0 Å². The van der Waals surface area contributed by atoms with Gasteiger partial charge in [-0.15, -0.1) is 0 Å². The molecule has 4 aromatic carbocycles. The van der Waals surface area contributed by atoms with Crippen LogP contribution < -0.4 is 14.3 Å². The van der Waals surface area contributed by atoms with Crippen molar-refractivity contribution in [3.63, 3.8) is 0 Å². The van der Waals surface area contributed by atoms with Crippen molar-refractivity contribution in [2.24, 2.45) is 0 Å². The molecule has 0 radical (unpaired) electrons. The number of anilines is 3. The highest BCUT2D eigenvalue weighted by molar-refractivity contribution is 7.93. The van der Waals surface area contributed by atoms with E-state index in [9.17, 15) is 26.0 Å². The van der Waals surface area contributed by atoms with Gasteiger partial charge in [0.2, 0.25) is 5.91 Å². The highest BCUT2D eigenvalue weighted by Crippen LogP contribution is 2.26. The molecule has 39 heavy (non-hydrogen) atoms. The number of hydrogen-bond acceptors (Lipinski definition) is 5.